The van der Waals surface area contributed by atoms with Crippen molar-refractivity contribution in [1.82, 2.24) is 9.97 Å². The molecule has 1 aromatic carbocycles. The summed E-state index contributed by atoms with van der Waals surface area (Å²) in [6, 6.07) is 4.60. The number of alkyl halides is 1. The van der Waals surface area contributed by atoms with E-state index < -0.39 is 0 Å². The predicted octanol–water partition coefficient (Wildman–Crippen LogP) is 4.65. The second kappa shape index (κ2) is 5.61. The zero-order chi connectivity index (χ0) is 14.9. The third kappa shape index (κ3) is 3.24. The summed E-state index contributed by atoms with van der Waals surface area (Å²) in [6.45, 7) is 11.1. The number of hydrogen-bond acceptors (Lipinski definition) is 1. The van der Waals surface area contributed by atoms with Crippen LogP contribution in [-0.2, 0) is 17.7 Å². The molecule has 0 fully saturated rings. The molecule has 20 heavy (non-hydrogen) atoms. The fraction of sp³-hybridized carbons (Fsp3) is 0.471. The van der Waals surface area contributed by atoms with Gasteiger partial charge in [0.2, 0.25) is 0 Å². The molecule has 0 aliphatic carbocycles. The van der Waals surface area contributed by atoms with Crippen LogP contribution in [0.1, 0.15) is 54.5 Å². The Kier molecular flexibility index (Phi) is 4.24. The van der Waals surface area contributed by atoms with Gasteiger partial charge in [0.1, 0.15) is 5.82 Å². The first-order valence-electron chi connectivity index (χ1n) is 7.00. The van der Waals surface area contributed by atoms with Gasteiger partial charge in [-0.3, -0.25) is 0 Å². The summed E-state index contributed by atoms with van der Waals surface area (Å²) in [6.07, 6.45) is 2.65. The molecule has 2 rings (SSSR count). The van der Waals surface area contributed by atoms with Gasteiger partial charge in [-0.1, -0.05) is 32.9 Å². The molecule has 3 heteroatoms. The van der Waals surface area contributed by atoms with E-state index in [4.69, 9.17) is 11.6 Å². The van der Waals surface area contributed by atoms with E-state index in [9.17, 15) is 0 Å². The normalized spacial score (nSPS) is 11.9. The highest BCUT2D eigenvalue weighted by Gasteiger charge is 2.16. The van der Waals surface area contributed by atoms with Gasteiger partial charge in [-0.2, -0.15) is 0 Å². The van der Waals surface area contributed by atoms with Crippen LogP contribution in [0.15, 0.2) is 18.3 Å². The monoisotopic (exact) mass is 290 g/mol. The third-order valence-electron chi connectivity index (χ3n) is 3.73. The van der Waals surface area contributed by atoms with Gasteiger partial charge in [0.05, 0.1) is 5.88 Å². The average Bonchev–Trinajstić information content (AvgIpc) is 2.80. The lowest BCUT2D eigenvalue weighted by Gasteiger charge is -2.22. The van der Waals surface area contributed by atoms with Crippen molar-refractivity contribution in [3.05, 3.63) is 52.1 Å². The molecule has 0 saturated heterocycles. The second-order valence-corrected chi connectivity index (χ2v) is 6.77. The Balaban J connectivity index is 2.33. The van der Waals surface area contributed by atoms with Crippen LogP contribution in [0.25, 0.3) is 0 Å². The lowest BCUT2D eigenvalue weighted by atomic mass is 9.83. The maximum atomic E-state index is 5.81. The van der Waals surface area contributed by atoms with Crippen molar-refractivity contribution in [2.24, 2.45) is 0 Å². The molecule has 0 spiro atoms. The molecular weight excluding hydrogens is 268 g/mol. The van der Waals surface area contributed by atoms with E-state index in [1.54, 1.807) is 0 Å². The number of aromatic nitrogens is 2. The van der Waals surface area contributed by atoms with E-state index in [-0.39, 0.29) is 5.41 Å². The number of nitrogens with one attached hydrogen (secondary N) is 1. The first kappa shape index (κ1) is 15.1. The van der Waals surface area contributed by atoms with Gasteiger partial charge in [-0.25, -0.2) is 4.98 Å². The quantitative estimate of drug-likeness (QED) is 0.819. The van der Waals surface area contributed by atoms with Gasteiger partial charge < -0.3 is 4.98 Å². The van der Waals surface area contributed by atoms with E-state index in [2.05, 4.69) is 56.7 Å². The van der Waals surface area contributed by atoms with Crippen molar-refractivity contribution in [1.29, 1.82) is 0 Å². The van der Waals surface area contributed by atoms with Crippen LogP contribution in [-0.4, -0.2) is 9.97 Å². The molecule has 0 amide bonds. The zero-order valence-corrected chi connectivity index (χ0v) is 13.7. The molecule has 0 unspecified atom stereocenters. The number of rotatable bonds is 3. The van der Waals surface area contributed by atoms with Gasteiger partial charge in [-0.15, -0.1) is 11.6 Å². The van der Waals surface area contributed by atoms with Crippen molar-refractivity contribution in [2.75, 3.05) is 0 Å². The molecule has 2 nitrogen and oxygen atoms in total. The van der Waals surface area contributed by atoms with Gasteiger partial charge in [0, 0.05) is 18.3 Å². The fourth-order valence-electron chi connectivity index (χ4n) is 2.44. The summed E-state index contributed by atoms with van der Waals surface area (Å²) in [4.78, 5) is 7.66. The van der Waals surface area contributed by atoms with Crippen LogP contribution < -0.4 is 0 Å². The molecule has 0 aliphatic rings. The summed E-state index contributed by atoms with van der Waals surface area (Å²) in [5.74, 6) is 1.46. The third-order valence-corrected chi connectivity index (χ3v) is 4.02. The number of H-pyrrole nitrogens is 1. The molecule has 0 saturated carbocycles. The zero-order valence-electron chi connectivity index (χ0n) is 13.0. The minimum Gasteiger partial charge on any atom is -0.345 e. The lowest BCUT2D eigenvalue weighted by Crippen LogP contribution is -2.12. The first-order chi connectivity index (χ1) is 9.31. The number of hydrogen-bond donors (Lipinski definition) is 1. The number of imidazole rings is 1. The molecule has 0 bridgehead atoms. The van der Waals surface area contributed by atoms with Gasteiger partial charge in [0.15, 0.2) is 0 Å². The van der Waals surface area contributed by atoms with Crippen LogP contribution in [0.3, 0.4) is 0 Å². The molecule has 2 aromatic rings. The molecule has 0 atom stereocenters. The van der Waals surface area contributed by atoms with Crippen LogP contribution in [0.5, 0.6) is 0 Å². The van der Waals surface area contributed by atoms with Crippen LogP contribution in [0.4, 0.5) is 0 Å². The van der Waals surface area contributed by atoms with Crippen LogP contribution >= 0.6 is 11.6 Å². The topological polar surface area (TPSA) is 28.7 Å². The summed E-state index contributed by atoms with van der Waals surface area (Å²) < 4.78 is 0. The SMILES string of the molecule is Cc1cc(C(C)(C)C)cc(C)c1Cc1ncc(CCl)[nH]1. The van der Waals surface area contributed by atoms with E-state index in [1.165, 1.54) is 22.3 Å². The predicted molar refractivity (Wildman–Crippen MR) is 85.6 cm³/mol. The number of nitrogens with zero attached hydrogens (tertiary/aromatic N) is 1. The molecular formula is C17H23ClN2. The Bertz CT molecular complexity index is 583. The molecule has 0 radical (unpaired) electrons. The van der Waals surface area contributed by atoms with E-state index in [0.717, 1.165) is 17.9 Å². The fourth-order valence-corrected chi connectivity index (χ4v) is 2.57. The van der Waals surface area contributed by atoms with Crippen molar-refractivity contribution in [3.8, 4) is 0 Å². The molecule has 1 heterocycles. The van der Waals surface area contributed by atoms with Crippen molar-refractivity contribution < 1.29 is 0 Å². The Hall–Kier alpha value is -1.28. The Morgan fingerprint density at radius 1 is 1.15 bits per heavy atom. The number of halogens is 1. The minimum absolute atomic E-state index is 0.185. The Morgan fingerprint density at radius 2 is 1.75 bits per heavy atom. The standard InChI is InChI=1S/C17H23ClN2/c1-11-6-13(17(3,4)5)7-12(2)15(11)8-16-19-10-14(9-18)20-16/h6-7,10H,8-9H2,1-5H3,(H,19,20). The summed E-state index contributed by atoms with van der Waals surface area (Å²) in [5, 5.41) is 0. The van der Waals surface area contributed by atoms with E-state index >= 15 is 0 Å². The number of aromatic amines is 1. The molecule has 108 valence electrons. The van der Waals surface area contributed by atoms with Gasteiger partial charge in [-0.05, 0) is 41.5 Å². The highest BCUT2D eigenvalue weighted by atomic mass is 35.5. The smallest absolute Gasteiger partial charge is 0.110 e. The van der Waals surface area contributed by atoms with Crippen molar-refractivity contribution >= 4 is 11.6 Å². The Labute approximate surface area is 126 Å². The average molecular weight is 291 g/mol. The maximum Gasteiger partial charge on any atom is 0.110 e. The molecule has 1 N–H and O–H groups in total. The largest absolute Gasteiger partial charge is 0.345 e. The van der Waals surface area contributed by atoms with E-state index in [1.807, 2.05) is 6.20 Å². The number of aryl methyl sites for hydroxylation is 2. The minimum atomic E-state index is 0.185. The van der Waals surface area contributed by atoms with Crippen LogP contribution in [0.2, 0.25) is 0 Å². The van der Waals surface area contributed by atoms with Crippen LogP contribution in [0, 0.1) is 13.8 Å². The Morgan fingerprint density at radius 3 is 2.20 bits per heavy atom. The summed E-state index contributed by atoms with van der Waals surface area (Å²) in [5.41, 5.74) is 6.57. The van der Waals surface area contributed by atoms with Gasteiger partial charge in [0.25, 0.3) is 0 Å². The lowest BCUT2D eigenvalue weighted by molar-refractivity contribution is 0.588. The molecule has 1 aromatic heterocycles. The summed E-state index contributed by atoms with van der Waals surface area (Å²) in [7, 11) is 0. The second-order valence-electron chi connectivity index (χ2n) is 6.50. The van der Waals surface area contributed by atoms with Gasteiger partial charge >= 0.3 is 0 Å². The highest BCUT2D eigenvalue weighted by Crippen LogP contribution is 2.27. The maximum absolute atomic E-state index is 5.81. The van der Waals surface area contributed by atoms with Crippen molar-refractivity contribution in [2.45, 2.75) is 52.3 Å². The summed E-state index contributed by atoms with van der Waals surface area (Å²) >= 11 is 5.81. The van der Waals surface area contributed by atoms with Crippen molar-refractivity contribution in [3.63, 3.8) is 0 Å². The first-order valence-corrected chi connectivity index (χ1v) is 7.54. The molecule has 0 aliphatic heterocycles. The number of benzene rings is 1. The van der Waals surface area contributed by atoms with E-state index in [0.29, 0.717) is 5.88 Å². The highest BCUT2D eigenvalue weighted by molar-refractivity contribution is 6.16.